The molecule has 1 saturated heterocycles. The Kier molecular flexibility index (Phi) is 19.9. The van der Waals surface area contributed by atoms with Gasteiger partial charge in [-0.15, -0.1) is 0 Å². The minimum absolute atomic E-state index is 0. The Labute approximate surface area is 403 Å². The van der Waals surface area contributed by atoms with E-state index in [1.807, 2.05) is 72.8 Å². The molecule has 1 aliphatic rings. The third-order valence-corrected chi connectivity index (χ3v) is 15.1. The summed E-state index contributed by atoms with van der Waals surface area (Å²) < 4.78 is 16.2. The number of para-hydroxylation sites is 4. The van der Waals surface area contributed by atoms with Crippen molar-refractivity contribution in [1.82, 2.24) is 0 Å². The molecule has 1 fully saturated rings. The van der Waals surface area contributed by atoms with Crippen molar-refractivity contribution >= 4 is 40.3 Å². The molecule has 0 aromatic heterocycles. The summed E-state index contributed by atoms with van der Waals surface area (Å²) >= 11 is 0. The minimum Gasteiger partial charge on any atom is -0.872 e. The Morgan fingerprint density at radius 2 is 0.887 bits per heavy atom. The number of hydrogen-bond donors (Lipinski definition) is 0. The largest absolute Gasteiger partial charge is 3.00 e. The molecular formula is C52H76N3O4Si2Y. The van der Waals surface area contributed by atoms with Crippen molar-refractivity contribution in [3.63, 3.8) is 0 Å². The van der Waals surface area contributed by atoms with Crippen molar-refractivity contribution in [2.75, 3.05) is 13.2 Å². The molecule has 334 valence electrons. The molecule has 5 rings (SSSR count). The molecule has 62 heavy (non-hydrogen) atoms. The van der Waals surface area contributed by atoms with Crippen LogP contribution in [0.5, 0.6) is 23.0 Å². The maximum absolute atomic E-state index is 13.5. The van der Waals surface area contributed by atoms with Crippen LogP contribution in [0, 0.1) is 0 Å². The second-order valence-corrected chi connectivity index (χ2v) is 31.8. The van der Waals surface area contributed by atoms with Crippen LogP contribution in [0.2, 0.25) is 39.3 Å². The fourth-order valence-electron chi connectivity index (χ4n) is 6.69. The van der Waals surface area contributed by atoms with Gasteiger partial charge in [-0.3, -0.25) is 9.98 Å². The molecule has 0 unspecified atom stereocenters. The van der Waals surface area contributed by atoms with Crippen molar-refractivity contribution in [3.05, 3.63) is 111 Å². The first kappa shape index (κ1) is 55.2. The molecule has 4 aromatic carbocycles. The second-order valence-electron chi connectivity index (χ2n) is 22.2. The van der Waals surface area contributed by atoms with Gasteiger partial charge in [0.1, 0.15) is 11.4 Å². The predicted octanol–water partition coefficient (Wildman–Crippen LogP) is 14.1. The molecular weight excluding hydrogens is 876 g/mol. The van der Waals surface area contributed by atoms with E-state index in [1.165, 1.54) is 12.8 Å². The van der Waals surface area contributed by atoms with Crippen LogP contribution >= 0.6 is 0 Å². The average molecular weight is 952 g/mol. The molecule has 4 aromatic rings. The summed E-state index contributed by atoms with van der Waals surface area (Å²) in [5.74, 6) is 1.01. The van der Waals surface area contributed by atoms with Crippen molar-refractivity contribution in [1.29, 1.82) is 0 Å². The Morgan fingerprint density at radius 3 is 1.15 bits per heavy atom. The molecule has 0 spiro atoms. The Hall–Kier alpha value is -2.92. The predicted molar refractivity (Wildman–Crippen MR) is 264 cm³/mol. The van der Waals surface area contributed by atoms with Gasteiger partial charge in [-0.2, -0.15) is 0 Å². The van der Waals surface area contributed by atoms with Crippen LogP contribution in [0.4, 0.5) is 11.4 Å². The maximum Gasteiger partial charge on any atom is 3.00 e. The topological polar surface area (TPSA) is 103 Å². The first-order valence-electron chi connectivity index (χ1n) is 21.8. The van der Waals surface area contributed by atoms with Crippen LogP contribution in [0.15, 0.2) is 82.8 Å². The molecule has 0 atom stereocenters. The molecule has 1 aliphatic heterocycles. The van der Waals surface area contributed by atoms with Crippen LogP contribution in [-0.4, -0.2) is 42.1 Å². The second kappa shape index (κ2) is 22.3. The smallest absolute Gasteiger partial charge is 0.872 e. The van der Waals surface area contributed by atoms with Gasteiger partial charge in [-0.1, -0.05) is 199 Å². The molecule has 0 amide bonds. The summed E-state index contributed by atoms with van der Waals surface area (Å²) in [5, 5.41) is 27.1. The first-order chi connectivity index (χ1) is 27.9. The number of nitrogens with zero attached hydrogens (tertiary/aromatic N) is 3. The maximum atomic E-state index is 13.5. The third kappa shape index (κ3) is 17.9. The van der Waals surface area contributed by atoms with Gasteiger partial charge in [0.25, 0.3) is 0 Å². The summed E-state index contributed by atoms with van der Waals surface area (Å²) in [6, 6.07) is 22.9. The van der Waals surface area contributed by atoms with Gasteiger partial charge >= 0.3 is 32.7 Å². The van der Waals surface area contributed by atoms with E-state index in [9.17, 15) is 10.2 Å². The minimum atomic E-state index is -1.11. The van der Waals surface area contributed by atoms with E-state index in [1.54, 1.807) is 12.4 Å². The zero-order chi connectivity index (χ0) is 46.2. The number of rotatable bonds is 8. The van der Waals surface area contributed by atoms with Crippen molar-refractivity contribution in [3.8, 4) is 23.0 Å². The van der Waals surface area contributed by atoms with Crippen LogP contribution in [-0.2, 0) is 59.1 Å². The molecule has 0 aliphatic carbocycles. The summed E-state index contributed by atoms with van der Waals surface area (Å²) in [5.41, 5.74) is 5.10. The van der Waals surface area contributed by atoms with Gasteiger partial charge in [0.2, 0.25) is 0 Å². The van der Waals surface area contributed by atoms with Crippen LogP contribution in [0.3, 0.4) is 0 Å². The summed E-state index contributed by atoms with van der Waals surface area (Å²) in [6.45, 7) is 41.0. The van der Waals surface area contributed by atoms with Crippen molar-refractivity contribution in [2.24, 2.45) is 9.98 Å². The van der Waals surface area contributed by atoms with Gasteiger partial charge in [-0.25, -0.2) is 0 Å². The zero-order valence-corrected chi connectivity index (χ0v) is 46.3. The van der Waals surface area contributed by atoms with Crippen LogP contribution in [0.1, 0.15) is 129 Å². The fraction of sp³-hybridized carbons (Fsp3) is 0.500. The molecule has 7 nitrogen and oxygen atoms in total. The summed E-state index contributed by atoms with van der Waals surface area (Å²) in [7, 11) is -2.21. The van der Waals surface area contributed by atoms with Gasteiger partial charge in [0.05, 0.1) is 0 Å². The standard InChI is InChI=1S/C42H52N2O3.C6H18NSi2.C4H8O.Y/c1-39(2,3)29-21-27(37(45)31(23-29)41(7,8)9)25-43-33-17-13-15-19-35(33)47-36-20-16-14-18-34(36)44-26-28-22-30(40(4,5)6)24-32(38(28)46)42(10,11)12;1-8(2,3)7-9(4,5)6;1-2-4-5-3-1;/h13-26,45-46H,1-12H3;1-6H3;1-4H2;/q;-1;;+3/p-2. The zero-order valence-electron chi connectivity index (χ0n) is 41.5. The summed E-state index contributed by atoms with van der Waals surface area (Å²) in [6.07, 6.45) is 5.84. The molecule has 0 saturated carbocycles. The van der Waals surface area contributed by atoms with E-state index in [-0.39, 0.29) is 65.9 Å². The molecule has 10 heteroatoms. The average Bonchev–Trinajstić information content (AvgIpc) is 3.69. The number of benzene rings is 4. The van der Waals surface area contributed by atoms with E-state index in [0.29, 0.717) is 34.0 Å². The van der Waals surface area contributed by atoms with Gasteiger partial charge < -0.3 is 24.3 Å². The first-order valence-corrected chi connectivity index (χ1v) is 28.7. The van der Waals surface area contributed by atoms with Gasteiger partial charge in [0.15, 0.2) is 11.5 Å². The number of aliphatic imine (C=N–C) groups is 2. The SMILES string of the molecule is C1CCOC1.CC(C)(C)c1cc(C=Nc2ccccc2Oc2ccccc2N=Cc2cc(C(C)(C)C)cc(C(C)(C)C)c2[O-])c([O-])c(C(C)(C)C)c1.C[Si](C)(C)[N-][Si](C)(C)C.[Y+3]. The van der Waals surface area contributed by atoms with Gasteiger partial charge in [0, 0.05) is 25.6 Å². The van der Waals surface area contributed by atoms with Crippen molar-refractivity contribution < 1.29 is 52.4 Å². The monoisotopic (exact) mass is 951 g/mol. The molecule has 0 bridgehead atoms. The Morgan fingerprint density at radius 1 is 0.548 bits per heavy atom. The molecule has 0 radical (unpaired) electrons. The van der Waals surface area contributed by atoms with E-state index < -0.39 is 16.5 Å². The number of ether oxygens (including phenoxy) is 2. The van der Waals surface area contributed by atoms with E-state index >= 15 is 0 Å². The molecule has 0 N–H and O–H groups in total. The fourth-order valence-corrected chi connectivity index (χ4v) is 14.7. The van der Waals surface area contributed by atoms with E-state index in [4.69, 9.17) is 24.1 Å². The van der Waals surface area contributed by atoms with Crippen molar-refractivity contribution in [2.45, 2.75) is 157 Å². The quantitative estimate of drug-likeness (QED) is 0.130. The number of hydrogen-bond acceptors (Lipinski definition) is 6. The Balaban J connectivity index is 0.000000750. The Bertz CT molecular complexity index is 1970. The van der Waals surface area contributed by atoms with E-state index in [2.05, 4.69) is 122 Å². The van der Waals surface area contributed by atoms with Crippen LogP contribution in [0.25, 0.3) is 4.65 Å². The van der Waals surface area contributed by atoms with Crippen LogP contribution < -0.4 is 14.9 Å². The normalized spacial score (nSPS) is 13.9. The molecule has 1 heterocycles. The van der Waals surface area contributed by atoms with Gasteiger partial charge in [-0.05, 0) is 92.1 Å². The van der Waals surface area contributed by atoms with E-state index in [0.717, 1.165) is 35.5 Å². The third-order valence-electron chi connectivity index (χ3n) is 9.72. The summed E-state index contributed by atoms with van der Waals surface area (Å²) in [4.78, 5) is 9.50.